The van der Waals surface area contributed by atoms with E-state index < -0.39 is 0 Å². The van der Waals surface area contributed by atoms with E-state index in [1.54, 1.807) is 6.08 Å². The van der Waals surface area contributed by atoms with Crippen molar-refractivity contribution in [3.8, 4) is 0 Å². The molecule has 0 unspecified atom stereocenters. The molecule has 2 radical (unpaired) electrons. The highest BCUT2D eigenvalue weighted by molar-refractivity contribution is 4.68. The molecule has 0 fully saturated rings. The summed E-state index contributed by atoms with van der Waals surface area (Å²) in [7, 11) is 0. The number of hydrogen-bond acceptors (Lipinski definition) is 0. The van der Waals surface area contributed by atoms with Crippen LogP contribution in [0, 0.1) is 0 Å². The first-order valence-electron chi connectivity index (χ1n) is 2.24. The largest absolute Gasteiger partial charge is 0.235 e. The molecule has 0 heterocycles. The Labute approximate surface area is 43.9 Å². The Morgan fingerprint density at radius 1 is 1.71 bits per heavy atom. The van der Waals surface area contributed by atoms with Crippen LogP contribution >= 0.6 is 0 Å². The summed E-state index contributed by atoms with van der Waals surface area (Å²) in [6, 6.07) is 0. The van der Waals surface area contributed by atoms with Crippen LogP contribution in [0.1, 0.15) is 0 Å². The van der Waals surface area contributed by atoms with Gasteiger partial charge in [0.05, 0.1) is 6.61 Å². The molecule has 0 bridgehead atoms. The molecule has 0 aromatic heterocycles. The third-order valence-corrected chi connectivity index (χ3v) is 0.508. The first-order chi connectivity index (χ1) is 3.41. The van der Waals surface area contributed by atoms with Crippen LogP contribution < -0.4 is 5.32 Å². The van der Waals surface area contributed by atoms with Crippen molar-refractivity contribution in [1.82, 2.24) is 5.32 Å². The fourth-order valence-corrected chi connectivity index (χ4v) is 0.247. The molecule has 0 aliphatic heterocycles. The molecule has 0 atom stereocenters. The Kier molecular flexibility index (Phi) is 5.39. The van der Waals surface area contributed by atoms with Crippen molar-refractivity contribution in [2.75, 3.05) is 19.7 Å². The third-order valence-electron chi connectivity index (χ3n) is 0.508. The minimum atomic E-state index is -0.103. The van der Waals surface area contributed by atoms with Gasteiger partial charge in [-0.3, -0.25) is 0 Å². The lowest BCUT2D eigenvalue weighted by Gasteiger charge is -1.88. The summed E-state index contributed by atoms with van der Waals surface area (Å²) in [5, 5.41) is 13.5. The zero-order valence-corrected chi connectivity index (χ0v) is 4.26. The normalized spacial score (nSPS) is 8.71. The van der Waals surface area contributed by atoms with E-state index >= 15 is 0 Å². The Bertz CT molecular complexity index is 45.3. The Hall–Kier alpha value is -0.340. The van der Waals surface area contributed by atoms with E-state index in [1.807, 2.05) is 0 Å². The maximum Gasteiger partial charge on any atom is 0.0963 e. The molecule has 2 nitrogen and oxygen atoms in total. The predicted octanol–water partition coefficient (Wildman–Crippen LogP) is 0.207. The van der Waals surface area contributed by atoms with Gasteiger partial charge in [-0.15, -0.1) is 6.58 Å². The van der Waals surface area contributed by atoms with Crippen LogP contribution in [0.5, 0.6) is 0 Å². The maximum absolute atomic E-state index is 9.68. The monoisotopic (exact) mass is 99.1 g/mol. The van der Waals surface area contributed by atoms with Gasteiger partial charge >= 0.3 is 0 Å². The van der Waals surface area contributed by atoms with Crippen molar-refractivity contribution < 1.29 is 5.11 Å². The van der Waals surface area contributed by atoms with Crippen LogP contribution in [0.4, 0.5) is 0 Å². The van der Waals surface area contributed by atoms with Gasteiger partial charge in [0, 0.05) is 13.1 Å². The zero-order chi connectivity index (χ0) is 5.54. The van der Waals surface area contributed by atoms with E-state index in [0.717, 1.165) is 0 Å². The SMILES string of the molecule is C=CC[N]CC[O]. The lowest BCUT2D eigenvalue weighted by atomic mass is 10.6. The zero-order valence-electron chi connectivity index (χ0n) is 4.26. The number of nitrogens with zero attached hydrogens (tertiary/aromatic N) is 1. The van der Waals surface area contributed by atoms with Gasteiger partial charge in [0.1, 0.15) is 0 Å². The van der Waals surface area contributed by atoms with E-state index in [0.29, 0.717) is 13.1 Å². The van der Waals surface area contributed by atoms with Gasteiger partial charge < -0.3 is 0 Å². The van der Waals surface area contributed by atoms with Crippen LogP contribution in [-0.4, -0.2) is 19.7 Å². The van der Waals surface area contributed by atoms with E-state index in [1.165, 1.54) is 0 Å². The molecule has 2 heteroatoms. The molecule has 0 spiro atoms. The summed E-state index contributed by atoms with van der Waals surface area (Å²) in [6.07, 6.45) is 1.68. The summed E-state index contributed by atoms with van der Waals surface area (Å²) in [5.74, 6) is 0. The minimum absolute atomic E-state index is 0.103. The van der Waals surface area contributed by atoms with Gasteiger partial charge in [-0.25, -0.2) is 10.4 Å². The second-order valence-corrected chi connectivity index (χ2v) is 1.12. The van der Waals surface area contributed by atoms with Crippen molar-refractivity contribution in [2.24, 2.45) is 0 Å². The van der Waals surface area contributed by atoms with Crippen molar-refractivity contribution in [3.05, 3.63) is 12.7 Å². The molecule has 0 amide bonds. The minimum Gasteiger partial charge on any atom is -0.235 e. The van der Waals surface area contributed by atoms with E-state index in [9.17, 15) is 5.11 Å². The van der Waals surface area contributed by atoms with Crippen LogP contribution in [0.15, 0.2) is 12.7 Å². The molecular formula is C5H9NO. The number of hydrogen-bond donors (Lipinski definition) is 0. The Morgan fingerprint density at radius 3 is 2.86 bits per heavy atom. The highest BCUT2D eigenvalue weighted by Gasteiger charge is 1.78. The van der Waals surface area contributed by atoms with E-state index in [4.69, 9.17) is 0 Å². The summed E-state index contributed by atoms with van der Waals surface area (Å²) < 4.78 is 0. The summed E-state index contributed by atoms with van der Waals surface area (Å²) in [5.41, 5.74) is 0. The topological polar surface area (TPSA) is 34.0 Å². The summed E-state index contributed by atoms with van der Waals surface area (Å²) >= 11 is 0. The van der Waals surface area contributed by atoms with Crippen molar-refractivity contribution >= 4 is 0 Å². The molecule has 0 saturated carbocycles. The molecule has 0 aromatic carbocycles. The average Bonchev–Trinajstić information content (AvgIpc) is 1.69. The highest BCUT2D eigenvalue weighted by atomic mass is 16.3. The van der Waals surface area contributed by atoms with Crippen LogP contribution in [0.3, 0.4) is 0 Å². The van der Waals surface area contributed by atoms with Crippen molar-refractivity contribution in [1.29, 1.82) is 0 Å². The first kappa shape index (κ1) is 6.66. The molecule has 0 saturated heterocycles. The Balaban J connectivity index is 2.56. The summed E-state index contributed by atoms with van der Waals surface area (Å²) in [6.45, 7) is 4.37. The highest BCUT2D eigenvalue weighted by Crippen LogP contribution is 1.61. The maximum atomic E-state index is 9.68. The molecule has 0 N–H and O–H groups in total. The standard InChI is InChI=1S/C5H9NO/c1-2-3-6-4-5-7/h2H,1,3-5H2. The van der Waals surface area contributed by atoms with Gasteiger partial charge in [-0.2, -0.15) is 0 Å². The third kappa shape index (κ3) is 5.66. The van der Waals surface area contributed by atoms with Gasteiger partial charge in [-0.05, 0) is 0 Å². The molecule has 0 aliphatic carbocycles. The smallest absolute Gasteiger partial charge is 0.0963 e. The summed E-state index contributed by atoms with van der Waals surface area (Å²) in [4.78, 5) is 0. The fourth-order valence-electron chi connectivity index (χ4n) is 0.247. The molecule has 0 aromatic rings. The van der Waals surface area contributed by atoms with Gasteiger partial charge in [0.25, 0.3) is 0 Å². The number of rotatable bonds is 4. The molecule has 0 rings (SSSR count). The Morgan fingerprint density at radius 2 is 2.43 bits per heavy atom. The van der Waals surface area contributed by atoms with Gasteiger partial charge in [0.2, 0.25) is 0 Å². The van der Waals surface area contributed by atoms with E-state index in [2.05, 4.69) is 11.9 Å². The lowest BCUT2D eigenvalue weighted by molar-refractivity contribution is 0.194. The predicted molar refractivity (Wildman–Crippen MR) is 27.6 cm³/mol. The lowest BCUT2D eigenvalue weighted by Crippen LogP contribution is -2.08. The average molecular weight is 99.1 g/mol. The molecule has 0 aliphatic rings. The van der Waals surface area contributed by atoms with E-state index in [-0.39, 0.29) is 6.61 Å². The molecular weight excluding hydrogens is 90.1 g/mol. The fraction of sp³-hybridized carbons (Fsp3) is 0.600. The van der Waals surface area contributed by atoms with Crippen molar-refractivity contribution in [3.63, 3.8) is 0 Å². The van der Waals surface area contributed by atoms with Gasteiger partial charge in [0.15, 0.2) is 0 Å². The first-order valence-corrected chi connectivity index (χ1v) is 2.24. The second kappa shape index (κ2) is 5.66. The van der Waals surface area contributed by atoms with Crippen molar-refractivity contribution in [2.45, 2.75) is 0 Å². The quantitative estimate of drug-likeness (QED) is 0.356. The molecule has 7 heavy (non-hydrogen) atoms. The van der Waals surface area contributed by atoms with Crippen LogP contribution in [-0.2, 0) is 5.11 Å². The second-order valence-electron chi connectivity index (χ2n) is 1.12. The van der Waals surface area contributed by atoms with Gasteiger partial charge in [-0.1, -0.05) is 6.08 Å². The van der Waals surface area contributed by atoms with Crippen LogP contribution in [0.2, 0.25) is 0 Å². The molecule has 40 valence electrons. The van der Waals surface area contributed by atoms with Crippen LogP contribution in [0.25, 0.3) is 0 Å².